The van der Waals surface area contributed by atoms with E-state index in [9.17, 15) is 13.2 Å². The van der Waals surface area contributed by atoms with Crippen LogP contribution in [0.15, 0.2) is 0 Å². The average Bonchev–Trinajstić information content (AvgIpc) is 2.00. The molecule has 1 aliphatic rings. The van der Waals surface area contributed by atoms with Crippen molar-refractivity contribution in [1.29, 1.82) is 0 Å². The second kappa shape index (κ2) is 3.60. The highest BCUT2D eigenvalue weighted by atomic mass is 32.2. The van der Waals surface area contributed by atoms with E-state index >= 15 is 0 Å². The summed E-state index contributed by atoms with van der Waals surface area (Å²) in [5.41, 5.74) is 5.34. The highest BCUT2D eigenvalue weighted by molar-refractivity contribution is 7.88. The van der Waals surface area contributed by atoms with Crippen LogP contribution in [0.2, 0.25) is 0 Å². The van der Waals surface area contributed by atoms with E-state index in [1.165, 1.54) is 4.90 Å². The molecule has 0 aromatic carbocycles. The molecule has 1 amide bonds. The summed E-state index contributed by atoms with van der Waals surface area (Å²) in [6.07, 6.45) is 1.08. The smallest absolute Gasteiger partial charge is 0.241 e. The fraction of sp³-hybridized carbons (Fsp3) is 0.833. The summed E-state index contributed by atoms with van der Waals surface area (Å²) in [5.74, 6) is -0.115. The number of hydrogen-bond donors (Lipinski definition) is 2. The Morgan fingerprint density at radius 3 is 2.69 bits per heavy atom. The third-order valence-corrected chi connectivity index (χ3v) is 2.52. The molecule has 0 aliphatic carbocycles. The minimum Gasteiger partial charge on any atom is -0.338 e. The van der Waals surface area contributed by atoms with Crippen LogP contribution in [0.25, 0.3) is 0 Å². The summed E-state index contributed by atoms with van der Waals surface area (Å²) in [6, 6.07) is -0.391. The molecule has 7 heteroatoms. The first kappa shape index (κ1) is 10.4. The molecule has 0 aromatic rings. The van der Waals surface area contributed by atoms with Crippen LogP contribution in [0.5, 0.6) is 0 Å². The Kier molecular flexibility index (Phi) is 2.89. The molecule has 1 atom stereocenters. The maximum absolute atomic E-state index is 10.9. The van der Waals surface area contributed by atoms with E-state index in [0.29, 0.717) is 13.1 Å². The van der Waals surface area contributed by atoms with Crippen LogP contribution in [-0.2, 0) is 14.8 Å². The third kappa shape index (κ3) is 2.94. The lowest BCUT2D eigenvalue weighted by atomic mass is 10.1. The summed E-state index contributed by atoms with van der Waals surface area (Å²) >= 11 is 0. The molecule has 0 saturated carbocycles. The molecule has 1 aliphatic heterocycles. The van der Waals surface area contributed by atoms with Crippen molar-refractivity contribution < 1.29 is 13.2 Å². The zero-order chi connectivity index (χ0) is 10.1. The molecule has 0 spiro atoms. The molecule has 3 N–H and O–H groups in total. The molecule has 1 rings (SSSR count). The van der Waals surface area contributed by atoms with Gasteiger partial charge >= 0.3 is 0 Å². The highest BCUT2D eigenvalue weighted by Crippen LogP contribution is 2.05. The van der Waals surface area contributed by atoms with Crippen molar-refractivity contribution in [3.63, 3.8) is 0 Å². The molecule has 1 fully saturated rings. The van der Waals surface area contributed by atoms with Crippen LogP contribution in [0.3, 0.4) is 0 Å². The fourth-order valence-corrected chi connectivity index (χ4v) is 1.56. The number of nitrogens with two attached hydrogens (primary N) is 1. The first-order valence-corrected chi connectivity index (χ1v) is 5.78. The van der Waals surface area contributed by atoms with E-state index in [-0.39, 0.29) is 12.5 Å². The molecular formula is C6H13N3O3S. The number of nitrogens with one attached hydrogen (secondary N) is 1. The van der Waals surface area contributed by atoms with Crippen molar-refractivity contribution in [2.75, 3.05) is 25.9 Å². The van der Waals surface area contributed by atoms with Crippen LogP contribution in [0.4, 0.5) is 0 Å². The lowest BCUT2D eigenvalue weighted by Crippen LogP contribution is -2.62. The van der Waals surface area contributed by atoms with E-state index in [1.807, 2.05) is 0 Å². The number of sulfonamides is 1. The molecule has 1 unspecified atom stereocenters. The molecule has 13 heavy (non-hydrogen) atoms. The van der Waals surface area contributed by atoms with Gasteiger partial charge in [0.15, 0.2) is 0 Å². The van der Waals surface area contributed by atoms with Gasteiger partial charge in [0, 0.05) is 19.6 Å². The molecule has 0 aromatic heterocycles. The average molecular weight is 207 g/mol. The van der Waals surface area contributed by atoms with Crippen molar-refractivity contribution in [2.45, 2.75) is 6.04 Å². The van der Waals surface area contributed by atoms with Crippen LogP contribution in [-0.4, -0.2) is 51.2 Å². The number of rotatable bonds is 4. The molecule has 1 heterocycles. The molecule has 0 radical (unpaired) electrons. The van der Waals surface area contributed by atoms with Gasteiger partial charge < -0.3 is 10.6 Å². The topological polar surface area (TPSA) is 92.5 Å². The largest absolute Gasteiger partial charge is 0.338 e. The summed E-state index contributed by atoms with van der Waals surface area (Å²) in [5, 5.41) is 0. The molecule has 0 bridgehead atoms. The van der Waals surface area contributed by atoms with E-state index in [1.54, 1.807) is 0 Å². The minimum atomic E-state index is -3.15. The number of nitrogens with zero attached hydrogens (tertiary/aromatic N) is 1. The lowest BCUT2D eigenvalue weighted by molar-refractivity contribution is -0.142. The van der Waals surface area contributed by atoms with Crippen LogP contribution in [0, 0.1) is 0 Å². The van der Waals surface area contributed by atoms with Crippen molar-refractivity contribution in [2.24, 2.45) is 5.73 Å². The summed E-state index contributed by atoms with van der Waals surface area (Å²) in [7, 11) is -3.15. The van der Waals surface area contributed by atoms with E-state index < -0.39 is 16.1 Å². The van der Waals surface area contributed by atoms with Gasteiger partial charge in [0.2, 0.25) is 15.9 Å². The number of likely N-dealkylation sites (tertiary alicyclic amines) is 1. The Balaban J connectivity index is 2.19. The number of carbonyl (C=O) groups excluding carboxylic acids is 1. The third-order valence-electron chi connectivity index (χ3n) is 1.79. The summed E-state index contributed by atoms with van der Waals surface area (Å²) in [6.45, 7) is 1.15. The standard InChI is InChI=1S/C6H13N3O3S/c1-13(11,12)8-2-3-9-4-5(7)6(9)10/h5,8H,2-4,7H2,1H3. The second-order valence-electron chi connectivity index (χ2n) is 3.06. The molecule has 6 nitrogen and oxygen atoms in total. The van der Waals surface area contributed by atoms with Crippen molar-refractivity contribution in [1.82, 2.24) is 9.62 Å². The maximum Gasteiger partial charge on any atom is 0.241 e. The number of amides is 1. The van der Waals surface area contributed by atoms with Crippen LogP contribution < -0.4 is 10.5 Å². The van der Waals surface area contributed by atoms with Gasteiger partial charge in [0.05, 0.1) is 6.26 Å². The van der Waals surface area contributed by atoms with Gasteiger partial charge in [-0.1, -0.05) is 0 Å². The van der Waals surface area contributed by atoms with Gasteiger partial charge in [-0.15, -0.1) is 0 Å². The predicted molar refractivity (Wildman–Crippen MR) is 47.4 cm³/mol. The van der Waals surface area contributed by atoms with E-state index in [4.69, 9.17) is 5.73 Å². The maximum atomic E-state index is 10.9. The Labute approximate surface area is 77.1 Å². The van der Waals surface area contributed by atoms with Gasteiger partial charge in [-0.3, -0.25) is 4.79 Å². The lowest BCUT2D eigenvalue weighted by Gasteiger charge is -2.36. The number of carbonyl (C=O) groups is 1. The van der Waals surface area contributed by atoms with Crippen molar-refractivity contribution in [3.8, 4) is 0 Å². The fourth-order valence-electron chi connectivity index (χ4n) is 1.10. The summed E-state index contributed by atoms with van der Waals surface area (Å²) < 4.78 is 23.5. The van der Waals surface area contributed by atoms with Crippen molar-refractivity contribution >= 4 is 15.9 Å². The Bertz CT molecular complexity index is 300. The molecular weight excluding hydrogens is 194 g/mol. The SMILES string of the molecule is CS(=O)(=O)NCCN1CC(N)C1=O. The zero-order valence-corrected chi connectivity index (χ0v) is 8.17. The minimum absolute atomic E-state index is 0.115. The monoisotopic (exact) mass is 207 g/mol. The van der Waals surface area contributed by atoms with Gasteiger partial charge in [-0.05, 0) is 0 Å². The van der Waals surface area contributed by atoms with E-state index in [0.717, 1.165) is 6.26 Å². The highest BCUT2D eigenvalue weighted by Gasteiger charge is 2.32. The van der Waals surface area contributed by atoms with Crippen molar-refractivity contribution in [3.05, 3.63) is 0 Å². The predicted octanol–water partition coefficient (Wildman–Crippen LogP) is -2.29. The van der Waals surface area contributed by atoms with Gasteiger partial charge in [0.25, 0.3) is 0 Å². The molecule has 76 valence electrons. The number of hydrogen-bond acceptors (Lipinski definition) is 4. The molecule has 1 saturated heterocycles. The van der Waals surface area contributed by atoms with Crippen LogP contribution >= 0.6 is 0 Å². The Morgan fingerprint density at radius 2 is 2.31 bits per heavy atom. The Hall–Kier alpha value is -0.660. The Morgan fingerprint density at radius 1 is 1.69 bits per heavy atom. The zero-order valence-electron chi connectivity index (χ0n) is 7.36. The quantitative estimate of drug-likeness (QED) is 0.507. The van der Waals surface area contributed by atoms with Gasteiger partial charge in [-0.2, -0.15) is 0 Å². The van der Waals surface area contributed by atoms with E-state index in [2.05, 4.69) is 4.72 Å². The van der Waals surface area contributed by atoms with Gasteiger partial charge in [0.1, 0.15) is 6.04 Å². The van der Waals surface area contributed by atoms with Crippen LogP contribution in [0.1, 0.15) is 0 Å². The number of β-lactam (4-membered cyclic amide) rings is 1. The summed E-state index contributed by atoms with van der Waals surface area (Å²) in [4.78, 5) is 12.5. The normalized spacial score (nSPS) is 23.1. The first-order chi connectivity index (χ1) is 5.90. The second-order valence-corrected chi connectivity index (χ2v) is 4.89. The van der Waals surface area contributed by atoms with Gasteiger partial charge in [-0.25, -0.2) is 13.1 Å². The first-order valence-electron chi connectivity index (χ1n) is 3.89.